The third-order valence-corrected chi connectivity index (χ3v) is 8.32. The molecule has 42 heavy (non-hydrogen) atoms. The van der Waals surface area contributed by atoms with Crippen molar-refractivity contribution in [3.8, 4) is 5.75 Å². The molecule has 1 atom stereocenters. The quantitative estimate of drug-likeness (QED) is 0.139. The number of thiophene rings is 1. The topological polar surface area (TPSA) is 121 Å². The Morgan fingerprint density at radius 2 is 1.93 bits per heavy atom. The molecule has 2 aromatic carbocycles. The fraction of sp³-hybridized carbons (Fsp3) is 0.281. The number of methoxy groups -OCH3 is 1. The summed E-state index contributed by atoms with van der Waals surface area (Å²) in [5.41, 5.74) is 3.59. The zero-order chi connectivity index (χ0) is 30.0. The minimum atomic E-state index is -0.653. The zero-order valence-electron chi connectivity index (χ0n) is 23.8. The molecule has 2 heterocycles. The summed E-state index contributed by atoms with van der Waals surface area (Å²) >= 11 is 1.64. The first-order valence-electron chi connectivity index (χ1n) is 13.5. The normalized spacial score (nSPS) is 15.7. The molecule has 9 nitrogen and oxygen atoms in total. The Hall–Kier alpha value is -4.57. The van der Waals surface area contributed by atoms with Gasteiger partial charge in [0, 0.05) is 22.4 Å². The van der Waals surface area contributed by atoms with E-state index >= 15 is 0 Å². The second-order valence-electron chi connectivity index (χ2n) is 11.3. The highest BCUT2D eigenvalue weighted by Crippen LogP contribution is 2.45. The van der Waals surface area contributed by atoms with Crippen molar-refractivity contribution in [3.05, 3.63) is 91.8 Å². The maximum absolute atomic E-state index is 13.8. The SMILES string of the molecule is COc1ccc([N+](=O)[O-])cc1NC(=O)COC(=O)c1c2c(nc3ccccc13)/C(=C\c1cccs1)C[C@H](C(C)(C)C)C2. The van der Waals surface area contributed by atoms with E-state index in [9.17, 15) is 19.7 Å². The van der Waals surface area contributed by atoms with Crippen LogP contribution in [0.1, 0.15) is 53.7 Å². The van der Waals surface area contributed by atoms with E-state index in [-0.39, 0.29) is 28.5 Å². The average molecular weight is 586 g/mol. The van der Waals surface area contributed by atoms with E-state index in [4.69, 9.17) is 14.5 Å². The number of anilines is 1. The monoisotopic (exact) mass is 585 g/mol. The molecule has 1 N–H and O–H groups in total. The van der Waals surface area contributed by atoms with E-state index in [0.717, 1.165) is 28.1 Å². The van der Waals surface area contributed by atoms with Crippen LogP contribution in [0.2, 0.25) is 0 Å². The number of nitro benzene ring substituents is 1. The number of fused-ring (bicyclic) bond motifs is 2. The summed E-state index contributed by atoms with van der Waals surface area (Å²) in [6.45, 7) is 6.01. The number of ether oxygens (including phenoxy) is 2. The summed E-state index contributed by atoms with van der Waals surface area (Å²) in [7, 11) is 1.39. The number of pyridine rings is 1. The van der Waals surface area contributed by atoms with Gasteiger partial charge in [-0.05, 0) is 65.0 Å². The molecule has 0 unspecified atom stereocenters. The van der Waals surface area contributed by atoms with E-state index in [2.05, 4.69) is 38.2 Å². The van der Waals surface area contributed by atoms with Gasteiger partial charge in [0.25, 0.3) is 11.6 Å². The Morgan fingerprint density at radius 1 is 1.14 bits per heavy atom. The van der Waals surface area contributed by atoms with Crippen LogP contribution in [0, 0.1) is 21.4 Å². The van der Waals surface area contributed by atoms with Gasteiger partial charge < -0.3 is 14.8 Å². The number of nitro groups is 1. The van der Waals surface area contributed by atoms with Crippen LogP contribution in [0.15, 0.2) is 60.0 Å². The van der Waals surface area contributed by atoms with Crippen molar-refractivity contribution in [3.63, 3.8) is 0 Å². The Morgan fingerprint density at radius 3 is 2.62 bits per heavy atom. The van der Waals surface area contributed by atoms with Gasteiger partial charge in [0.2, 0.25) is 0 Å². The number of rotatable bonds is 7. The fourth-order valence-corrected chi connectivity index (χ4v) is 5.89. The number of carbonyl (C=O) groups is 2. The van der Waals surface area contributed by atoms with Crippen LogP contribution in [0.4, 0.5) is 11.4 Å². The third kappa shape index (κ3) is 6.03. The molecule has 4 aromatic rings. The van der Waals surface area contributed by atoms with Gasteiger partial charge in [-0.1, -0.05) is 45.0 Å². The lowest BCUT2D eigenvalue weighted by molar-refractivity contribution is -0.384. The lowest BCUT2D eigenvalue weighted by Crippen LogP contribution is -2.29. The number of nitrogens with one attached hydrogen (secondary N) is 1. The molecule has 0 radical (unpaired) electrons. The summed E-state index contributed by atoms with van der Waals surface area (Å²) in [5.74, 6) is -0.792. The number of benzene rings is 2. The number of allylic oxidation sites excluding steroid dienone is 1. The standard InChI is InChI=1S/C32H31N3O6S/c1-32(2,3)20-14-19(15-22-8-7-13-42-22)30-24(16-20)29(23-9-5-6-10-25(23)34-30)31(37)41-18-28(36)33-26-17-21(35(38)39)11-12-27(26)40-4/h5-13,15,17,20H,14,16,18H2,1-4H3,(H,33,36)/b19-15-/t20-/m0/s1. The molecular weight excluding hydrogens is 554 g/mol. The summed E-state index contributed by atoms with van der Waals surface area (Å²) in [5, 5.41) is 16.5. The number of carbonyl (C=O) groups excluding carboxylic acids is 2. The summed E-state index contributed by atoms with van der Waals surface area (Å²) in [4.78, 5) is 43.4. The summed E-state index contributed by atoms with van der Waals surface area (Å²) < 4.78 is 10.8. The van der Waals surface area contributed by atoms with Gasteiger partial charge in [-0.25, -0.2) is 9.78 Å². The second kappa shape index (κ2) is 11.7. The molecule has 0 spiro atoms. The molecule has 1 aliphatic rings. The van der Waals surface area contributed by atoms with Crippen molar-refractivity contribution < 1.29 is 24.0 Å². The minimum Gasteiger partial charge on any atom is -0.495 e. The molecule has 0 aliphatic heterocycles. The average Bonchev–Trinajstić information content (AvgIpc) is 3.47. The molecule has 1 aliphatic carbocycles. The molecule has 5 rings (SSSR count). The van der Waals surface area contributed by atoms with E-state index in [0.29, 0.717) is 22.9 Å². The first kappa shape index (κ1) is 28.9. The van der Waals surface area contributed by atoms with Gasteiger partial charge in [-0.3, -0.25) is 14.9 Å². The van der Waals surface area contributed by atoms with Crippen molar-refractivity contribution in [1.29, 1.82) is 0 Å². The zero-order valence-corrected chi connectivity index (χ0v) is 24.6. The molecule has 10 heteroatoms. The number of para-hydroxylation sites is 1. The van der Waals surface area contributed by atoms with Crippen LogP contribution >= 0.6 is 11.3 Å². The van der Waals surface area contributed by atoms with Crippen molar-refractivity contribution in [2.45, 2.75) is 33.6 Å². The predicted octanol–water partition coefficient (Wildman–Crippen LogP) is 7.16. The molecule has 0 saturated carbocycles. The fourth-order valence-electron chi connectivity index (χ4n) is 5.21. The Bertz CT molecular complexity index is 1710. The molecule has 216 valence electrons. The highest BCUT2D eigenvalue weighted by molar-refractivity contribution is 7.10. The maximum atomic E-state index is 13.8. The summed E-state index contributed by atoms with van der Waals surface area (Å²) in [6, 6.07) is 15.4. The van der Waals surface area contributed by atoms with E-state index in [1.54, 1.807) is 11.3 Å². The molecule has 2 aromatic heterocycles. The van der Waals surface area contributed by atoms with Crippen LogP contribution in [0.25, 0.3) is 22.6 Å². The van der Waals surface area contributed by atoms with Crippen molar-refractivity contribution >= 4 is 57.1 Å². The van der Waals surface area contributed by atoms with E-state index < -0.39 is 23.4 Å². The Labute approximate surface area is 247 Å². The van der Waals surface area contributed by atoms with Crippen molar-refractivity contribution in [2.24, 2.45) is 11.3 Å². The molecular formula is C32H31N3O6S. The highest BCUT2D eigenvalue weighted by atomic mass is 32.1. The molecule has 0 bridgehead atoms. The number of esters is 1. The highest BCUT2D eigenvalue weighted by Gasteiger charge is 2.35. The molecule has 0 fully saturated rings. The number of hydrogen-bond donors (Lipinski definition) is 1. The van der Waals surface area contributed by atoms with Gasteiger partial charge >= 0.3 is 5.97 Å². The first-order valence-corrected chi connectivity index (χ1v) is 14.4. The Kier molecular flexibility index (Phi) is 8.08. The number of hydrogen-bond acceptors (Lipinski definition) is 8. The van der Waals surface area contributed by atoms with Gasteiger partial charge in [0.05, 0.1) is 34.5 Å². The maximum Gasteiger partial charge on any atom is 0.339 e. The van der Waals surface area contributed by atoms with Crippen LogP contribution in [-0.4, -0.2) is 35.5 Å². The smallest absolute Gasteiger partial charge is 0.339 e. The third-order valence-electron chi connectivity index (χ3n) is 7.51. The lowest BCUT2D eigenvalue weighted by atomic mass is 9.69. The molecule has 1 amide bonds. The van der Waals surface area contributed by atoms with Crippen LogP contribution in [-0.2, 0) is 16.0 Å². The lowest BCUT2D eigenvalue weighted by Gasteiger charge is -2.36. The van der Waals surface area contributed by atoms with E-state index in [1.807, 2.05) is 35.7 Å². The van der Waals surface area contributed by atoms with Gasteiger partial charge in [-0.2, -0.15) is 0 Å². The number of aromatic nitrogens is 1. The van der Waals surface area contributed by atoms with Crippen molar-refractivity contribution in [1.82, 2.24) is 4.98 Å². The second-order valence-corrected chi connectivity index (χ2v) is 12.2. The Balaban J connectivity index is 1.49. The van der Waals surface area contributed by atoms with Crippen LogP contribution in [0.5, 0.6) is 5.75 Å². The van der Waals surface area contributed by atoms with Gasteiger partial charge in [0.15, 0.2) is 6.61 Å². The predicted molar refractivity (Wildman–Crippen MR) is 164 cm³/mol. The number of non-ortho nitro benzene ring substituents is 1. The summed E-state index contributed by atoms with van der Waals surface area (Å²) in [6.07, 6.45) is 3.61. The van der Waals surface area contributed by atoms with Gasteiger partial charge in [0.1, 0.15) is 5.75 Å². The largest absolute Gasteiger partial charge is 0.495 e. The first-order chi connectivity index (χ1) is 20.0. The van der Waals surface area contributed by atoms with E-state index in [1.165, 1.54) is 25.3 Å². The minimum absolute atomic E-state index is 0.0315. The van der Waals surface area contributed by atoms with Crippen molar-refractivity contribution in [2.75, 3.05) is 19.0 Å². The molecule has 0 saturated heterocycles. The van der Waals surface area contributed by atoms with Crippen LogP contribution in [0.3, 0.4) is 0 Å². The van der Waals surface area contributed by atoms with Gasteiger partial charge in [-0.15, -0.1) is 11.3 Å². The number of amides is 1. The number of nitrogens with zero attached hydrogens (tertiary/aromatic N) is 2. The van der Waals surface area contributed by atoms with Crippen LogP contribution < -0.4 is 10.1 Å².